The summed E-state index contributed by atoms with van der Waals surface area (Å²) in [5.41, 5.74) is 2.77. The van der Waals surface area contributed by atoms with Crippen molar-refractivity contribution in [2.24, 2.45) is 17.6 Å². The quantitative estimate of drug-likeness (QED) is 0.203. The van der Waals surface area contributed by atoms with Crippen LogP contribution in [-0.4, -0.2) is 70.3 Å². The van der Waals surface area contributed by atoms with Gasteiger partial charge in [0.15, 0.2) is 11.4 Å². The Hall–Kier alpha value is -4.06. The fourth-order valence-electron chi connectivity index (χ4n) is 5.99. The topological polar surface area (TPSA) is 200 Å². The molecular formula is C28H35N3O9. The predicted octanol–water partition coefficient (Wildman–Crippen LogP) is 2.06. The van der Waals surface area contributed by atoms with Crippen LogP contribution < -0.4 is 16.0 Å². The molecule has 0 aliphatic heterocycles. The summed E-state index contributed by atoms with van der Waals surface area (Å²) in [6.07, 6.45) is 1.87. The van der Waals surface area contributed by atoms with Gasteiger partial charge in [0.25, 0.3) is 5.91 Å². The number of carbonyl (C=O) groups is 4. The van der Waals surface area contributed by atoms with Crippen molar-refractivity contribution in [3.63, 3.8) is 0 Å². The number of hydrogen-bond acceptors (Lipinski definition) is 10. The Balaban J connectivity index is 1.73. The number of aliphatic hydroxyl groups is 3. The molecule has 1 unspecified atom stereocenters. The molecule has 0 saturated heterocycles. The summed E-state index contributed by atoms with van der Waals surface area (Å²) in [6, 6.07) is 1.66. The Bertz CT molecular complexity index is 1350. The van der Waals surface area contributed by atoms with Crippen LogP contribution in [0.5, 0.6) is 5.75 Å². The Morgan fingerprint density at radius 1 is 1.18 bits per heavy atom. The van der Waals surface area contributed by atoms with Crippen molar-refractivity contribution in [1.82, 2.24) is 5.32 Å². The van der Waals surface area contributed by atoms with E-state index >= 15 is 0 Å². The second-order valence-electron chi connectivity index (χ2n) is 10.8. The molecule has 3 aliphatic rings. The van der Waals surface area contributed by atoms with Crippen LogP contribution in [0.4, 0.5) is 10.5 Å². The predicted molar refractivity (Wildman–Crippen MR) is 143 cm³/mol. The molecule has 0 radical (unpaired) electrons. The summed E-state index contributed by atoms with van der Waals surface area (Å²) in [6.45, 7) is 2.13. The van der Waals surface area contributed by atoms with Crippen molar-refractivity contribution >= 4 is 29.3 Å². The average molecular weight is 558 g/mol. The molecule has 7 N–H and O–H groups in total. The standard InChI is InChI=1S/C28H35N3O9/c1-4-5-6-7-40-27(38)30-12-14-10-17(31(2)3)16-9-13-8-15-11-18(32)21(26(29)37)25(36)28(15,39)24(35)19(13)23(34)20(16)22(14)33/h10,13,15,32-33,35,39H,4-9,11-12H2,1-3H3,(H2,29,37)(H,30,38)/t13-,15?,28+/m1/s1. The summed E-state index contributed by atoms with van der Waals surface area (Å²) in [5.74, 6) is -6.85. The number of primary amides is 1. The van der Waals surface area contributed by atoms with E-state index in [1.807, 2.05) is 6.92 Å². The highest BCUT2D eigenvalue weighted by Crippen LogP contribution is 2.52. The first kappa shape index (κ1) is 28.9. The van der Waals surface area contributed by atoms with Gasteiger partial charge in [-0.15, -0.1) is 0 Å². The fourth-order valence-corrected chi connectivity index (χ4v) is 5.99. The lowest BCUT2D eigenvalue weighted by atomic mass is 9.60. The van der Waals surface area contributed by atoms with Crippen LogP contribution in [0.1, 0.15) is 60.5 Å². The largest absolute Gasteiger partial charge is 0.511 e. The van der Waals surface area contributed by atoms with E-state index in [-0.39, 0.29) is 49.1 Å². The number of benzene rings is 1. The van der Waals surface area contributed by atoms with Crippen molar-refractivity contribution < 1.29 is 44.3 Å². The number of rotatable bonds is 8. The number of ketones is 2. The highest BCUT2D eigenvalue weighted by Gasteiger charge is 2.59. The number of phenols is 1. The van der Waals surface area contributed by atoms with Crippen molar-refractivity contribution in [2.45, 2.75) is 57.6 Å². The first-order valence-corrected chi connectivity index (χ1v) is 13.3. The number of alkyl carbamates (subject to hydrolysis) is 1. The summed E-state index contributed by atoms with van der Waals surface area (Å²) < 4.78 is 5.14. The van der Waals surface area contributed by atoms with Gasteiger partial charge in [-0.2, -0.15) is 0 Å². The van der Waals surface area contributed by atoms with E-state index in [9.17, 15) is 39.6 Å². The van der Waals surface area contributed by atoms with E-state index in [2.05, 4.69) is 5.32 Å². The normalized spacial score (nSPS) is 23.8. The molecule has 3 atom stereocenters. The summed E-state index contributed by atoms with van der Waals surface area (Å²) in [5, 5.41) is 46.7. The Morgan fingerprint density at radius 2 is 1.88 bits per heavy atom. The van der Waals surface area contributed by atoms with E-state index in [1.54, 1.807) is 25.1 Å². The van der Waals surface area contributed by atoms with E-state index < -0.39 is 63.8 Å². The maximum atomic E-state index is 13.9. The third kappa shape index (κ3) is 4.66. The number of aliphatic hydroxyl groups excluding tert-OH is 2. The molecule has 1 aromatic rings. The van der Waals surface area contributed by atoms with Gasteiger partial charge < -0.3 is 41.1 Å². The van der Waals surface area contributed by atoms with Gasteiger partial charge in [-0.05, 0) is 36.8 Å². The first-order chi connectivity index (χ1) is 18.8. The second kappa shape index (κ2) is 10.8. The van der Waals surface area contributed by atoms with Crippen molar-refractivity contribution in [2.75, 3.05) is 25.6 Å². The number of unbranched alkanes of at least 4 members (excludes halogenated alkanes) is 2. The number of anilines is 1. The minimum absolute atomic E-state index is 0.0454. The van der Waals surface area contributed by atoms with Crippen LogP contribution in [-0.2, 0) is 27.3 Å². The molecule has 0 fully saturated rings. The van der Waals surface area contributed by atoms with Gasteiger partial charge in [-0.1, -0.05) is 19.8 Å². The molecule has 0 aromatic heterocycles. The zero-order valence-corrected chi connectivity index (χ0v) is 22.7. The van der Waals surface area contributed by atoms with Crippen LogP contribution in [0.2, 0.25) is 0 Å². The minimum atomic E-state index is -2.63. The number of Topliss-reactive ketones (excluding diaryl/α,β-unsaturated/α-hetero) is 2. The van der Waals surface area contributed by atoms with Crippen LogP contribution >= 0.6 is 0 Å². The van der Waals surface area contributed by atoms with E-state index in [4.69, 9.17) is 10.5 Å². The molecule has 0 heterocycles. The number of nitrogens with zero attached hydrogens (tertiary/aromatic N) is 1. The molecule has 3 aliphatic carbocycles. The van der Waals surface area contributed by atoms with Gasteiger partial charge in [0.05, 0.1) is 12.2 Å². The SMILES string of the molecule is CCCCCOC(=O)NCc1cc(N(C)C)c2c(c1O)C(=O)C1=C(O)[C@]3(O)C(=O)C(C(N)=O)=C(O)CC3C[C@@H]1C2. The van der Waals surface area contributed by atoms with Crippen molar-refractivity contribution in [3.05, 3.63) is 45.4 Å². The number of allylic oxidation sites excluding steroid dienone is 2. The van der Waals surface area contributed by atoms with Crippen LogP contribution in [0.3, 0.4) is 0 Å². The van der Waals surface area contributed by atoms with E-state index in [1.165, 1.54) is 0 Å². The molecule has 12 nitrogen and oxygen atoms in total. The number of phenolic OH excluding ortho intramolecular Hbond substituents is 1. The molecule has 1 aromatic carbocycles. The van der Waals surface area contributed by atoms with Gasteiger partial charge in [-0.3, -0.25) is 14.4 Å². The number of carbonyl (C=O) groups excluding carboxylic acids is 4. The highest BCUT2D eigenvalue weighted by molar-refractivity contribution is 6.24. The Morgan fingerprint density at radius 3 is 2.50 bits per heavy atom. The first-order valence-electron chi connectivity index (χ1n) is 13.3. The third-order valence-corrected chi connectivity index (χ3v) is 8.00. The average Bonchev–Trinajstić information content (AvgIpc) is 2.87. The molecule has 216 valence electrons. The zero-order chi connectivity index (χ0) is 29.5. The van der Waals surface area contributed by atoms with Gasteiger partial charge in [-0.25, -0.2) is 4.79 Å². The maximum absolute atomic E-state index is 13.9. The third-order valence-electron chi connectivity index (χ3n) is 8.00. The smallest absolute Gasteiger partial charge is 0.407 e. The number of aromatic hydroxyl groups is 1. The Labute approximate surface area is 231 Å². The van der Waals surface area contributed by atoms with Crippen molar-refractivity contribution in [3.8, 4) is 5.75 Å². The Kier molecular flexibility index (Phi) is 7.84. The van der Waals surface area contributed by atoms with Crippen LogP contribution in [0.25, 0.3) is 0 Å². The van der Waals surface area contributed by atoms with Gasteiger partial charge in [0, 0.05) is 49.8 Å². The minimum Gasteiger partial charge on any atom is -0.511 e. The number of nitrogens with one attached hydrogen (secondary N) is 1. The van der Waals surface area contributed by atoms with Crippen LogP contribution in [0.15, 0.2) is 28.7 Å². The van der Waals surface area contributed by atoms with Gasteiger partial charge in [0.1, 0.15) is 22.8 Å². The summed E-state index contributed by atoms with van der Waals surface area (Å²) >= 11 is 0. The van der Waals surface area contributed by atoms with Crippen LogP contribution in [0, 0.1) is 11.8 Å². The summed E-state index contributed by atoms with van der Waals surface area (Å²) in [4.78, 5) is 52.7. The molecule has 0 saturated carbocycles. The lowest BCUT2D eigenvalue weighted by Crippen LogP contribution is -2.57. The van der Waals surface area contributed by atoms with E-state index in [0.29, 0.717) is 11.3 Å². The second-order valence-corrected chi connectivity index (χ2v) is 10.8. The molecule has 0 spiro atoms. The number of fused-ring (bicyclic) bond motifs is 3. The number of nitrogens with two attached hydrogens (primary N) is 1. The molecular weight excluding hydrogens is 522 g/mol. The van der Waals surface area contributed by atoms with Crippen molar-refractivity contribution in [1.29, 1.82) is 0 Å². The monoisotopic (exact) mass is 557 g/mol. The molecule has 12 heteroatoms. The molecule has 2 amide bonds. The lowest BCUT2D eigenvalue weighted by molar-refractivity contribution is -0.144. The number of ether oxygens (including phenoxy) is 1. The lowest BCUT2D eigenvalue weighted by Gasteiger charge is -2.46. The van der Waals surface area contributed by atoms with Gasteiger partial charge in [0.2, 0.25) is 5.78 Å². The maximum Gasteiger partial charge on any atom is 0.407 e. The molecule has 4 rings (SSSR count). The highest BCUT2D eigenvalue weighted by atomic mass is 16.5. The number of amides is 2. The van der Waals surface area contributed by atoms with E-state index in [0.717, 1.165) is 19.3 Å². The number of hydrogen-bond donors (Lipinski definition) is 6. The zero-order valence-electron chi connectivity index (χ0n) is 22.7. The fraction of sp³-hybridized carbons (Fsp3) is 0.500. The molecule has 40 heavy (non-hydrogen) atoms. The molecule has 0 bridgehead atoms. The van der Waals surface area contributed by atoms with Gasteiger partial charge >= 0.3 is 6.09 Å². The summed E-state index contributed by atoms with van der Waals surface area (Å²) in [7, 11) is 3.51.